The zero-order valence-corrected chi connectivity index (χ0v) is 24.1. The lowest BCUT2D eigenvalue weighted by atomic mass is 10.1. The molecule has 0 radical (unpaired) electrons. The van der Waals surface area contributed by atoms with Gasteiger partial charge in [0.15, 0.2) is 16.9 Å². The fourth-order valence-corrected chi connectivity index (χ4v) is 5.58. The standard InChI is InChI=1S/C25H32N6O7S2/c1-26-11-14-37-21-9-8-20-24(28-21)39-25(27-20)29-23(32)22(30-38-18-10-13-36-16-18)17-4-6-19(7-5-17)40(33,34)31(2)12-15-35-3/h4-9,18,26H,10-16H2,1-3H3,(H,27,29,32)/b30-22+/t18-/m1/s1. The van der Waals surface area contributed by atoms with E-state index >= 15 is 0 Å². The molecule has 1 amide bonds. The zero-order valence-electron chi connectivity index (χ0n) is 22.5. The molecular weight excluding hydrogens is 560 g/mol. The van der Waals surface area contributed by atoms with Crippen LogP contribution >= 0.6 is 11.3 Å². The predicted molar refractivity (Wildman–Crippen MR) is 150 cm³/mol. The van der Waals surface area contributed by atoms with Crippen molar-refractivity contribution < 1.29 is 32.3 Å². The molecule has 0 unspecified atom stereocenters. The van der Waals surface area contributed by atoms with E-state index in [1.165, 1.54) is 54.1 Å². The third kappa shape index (κ3) is 7.50. The van der Waals surface area contributed by atoms with Crippen molar-refractivity contribution in [3.63, 3.8) is 0 Å². The molecule has 0 bridgehead atoms. The van der Waals surface area contributed by atoms with Crippen molar-refractivity contribution in [2.75, 3.05) is 66.0 Å². The summed E-state index contributed by atoms with van der Waals surface area (Å²) >= 11 is 1.19. The van der Waals surface area contributed by atoms with Gasteiger partial charge < -0.3 is 24.4 Å². The molecule has 0 saturated carbocycles. The maximum absolute atomic E-state index is 13.4. The molecule has 4 rings (SSSR count). The second-order valence-corrected chi connectivity index (χ2v) is 11.8. The number of thiazole rings is 1. The molecule has 2 aromatic heterocycles. The summed E-state index contributed by atoms with van der Waals surface area (Å²) in [5.41, 5.74) is 0.938. The number of aromatic nitrogens is 2. The molecule has 15 heteroatoms. The Bertz CT molecular complexity index is 1420. The monoisotopic (exact) mass is 592 g/mol. The van der Waals surface area contributed by atoms with E-state index in [9.17, 15) is 13.2 Å². The van der Waals surface area contributed by atoms with Gasteiger partial charge in [-0.3, -0.25) is 10.1 Å². The first-order chi connectivity index (χ1) is 19.3. The van der Waals surface area contributed by atoms with Gasteiger partial charge in [-0.15, -0.1) is 0 Å². The van der Waals surface area contributed by atoms with Crippen molar-refractivity contribution in [1.82, 2.24) is 19.6 Å². The first kappa shape index (κ1) is 29.8. The highest BCUT2D eigenvalue weighted by atomic mass is 32.2. The number of hydrogen-bond donors (Lipinski definition) is 2. The summed E-state index contributed by atoms with van der Waals surface area (Å²) in [6.07, 6.45) is 0.357. The van der Waals surface area contributed by atoms with Crippen LogP contribution in [-0.2, 0) is 29.1 Å². The van der Waals surface area contributed by atoms with Crippen molar-refractivity contribution in [3.8, 4) is 5.88 Å². The fourth-order valence-electron chi connectivity index (χ4n) is 3.60. The van der Waals surface area contributed by atoms with Crippen LogP contribution in [0, 0.1) is 0 Å². The van der Waals surface area contributed by atoms with Gasteiger partial charge in [-0.05, 0) is 25.2 Å². The van der Waals surface area contributed by atoms with Crippen LogP contribution in [0.4, 0.5) is 5.13 Å². The highest BCUT2D eigenvalue weighted by Gasteiger charge is 2.24. The van der Waals surface area contributed by atoms with Crippen molar-refractivity contribution in [1.29, 1.82) is 0 Å². The molecule has 1 aliphatic rings. The minimum Gasteiger partial charge on any atom is -0.476 e. The molecule has 1 saturated heterocycles. The van der Waals surface area contributed by atoms with Gasteiger partial charge in [0.05, 0.1) is 24.7 Å². The molecule has 3 aromatic rings. The Kier molecular flexibility index (Phi) is 10.4. The van der Waals surface area contributed by atoms with Gasteiger partial charge in [0.1, 0.15) is 17.0 Å². The molecule has 1 fully saturated rings. The Morgan fingerprint density at radius 1 is 1.20 bits per heavy atom. The molecule has 1 aliphatic heterocycles. The van der Waals surface area contributed by atoms with Gasteiger partial charge in [0.25, 0.3) is 5.91 Å². The van der Waals surface area contributed by atoms with Crippen molar-refractivity contribution >= 4 is 48.5 Å². The van der Waals surface area contributed by atoms with Crippen molar-refractivity contribution in [2.24, 2.45) is 5.16 Å². The number of anilines is 1. The lowest BCUT2D eigenvalue weighted by molar-refractivity contribution is -0.110. The van der Waals surface area contributed by atoms with E-state index in [0.717, 1.165) is 0 Å². The van der Waals surface area contributed by atoms with Gasteiger partial charge in [0, 0.05) is 45.3 Å². The minimum atomic E-state index is -3.74. The van der Waals surface area contributed by atoms with Crippen LogP contribution in [0.3, 0.4) is 0 Å². The summed E-state index contributed by atoms with van der Waals surface area (Å²) in [4.78, 5) is 28.5. The molecule has 40 heavy (non-hydrogen) atoms. The molecule has 1 atom stereocenters. The quantitative estimate of drug-likeness (QED) is 0.161. The molecule has 0 spiro atoms. The first-order valence-electron chi connectivity index (χ1n) is 12.6. The number of likely N-dealkylation sites (N-methyl/N-ethyl adjacent to an activating group) is 2. The minimum absolute atomic E-state index is 0.0353. The number of carbonyl (C=O) groups excluding carboxylic acids is 1. The van der Waals surface area contributed by atoms with E-state index in [2.05, 4.69) is 25.8 Å². The number of fused-ring (bicyclic) bond motifs is 1. The molecule has 0 aliphatic carbocycles. The van der Waals surface area contributed by atoms with E-state index in [-0.39, 0.29) is 29.9 Å². The maximum Gasteiger partial charge on any atom is 0.280 e. The van der Waals surface area contributed by atoms with E-state index < -0.39 is 15.9 Å². The van der Waals surface area contributed by atoms with Crippen LogP contribution in [-0.4, -0.2) is 101 Å². The largest absolute Gasteiger partial charge is 0.476 e. The average molecular weight is 593 g/mol. The van der Waals surface area contributed by atoms with Crippen LogP contribution in [0.2, 0.25) is 0 Å². The van der Waals surface area contributed by atoms with Crippen LogP contribution in [0.25, 0.3) is 10.3 Å². The highest BCUT2D eigenvalue weighted by Crippen LogP contribution is 2.26. The number of carbonyl (C=O) groups is 1. The second-order valence-electron chi connectivity index (χ2n) is 8.77. The van der Waals surface area contributed by atoms with E-state index in [0.29, 0.717) is 59.7 Å². The zero-order chi connectivity index (χ0) is 28.5. The van der Waals surface area contributed by atoms with E-state index in [4.69, 9.17) is 19.0 Å². The number of rotatable bonds is 14. The average Bonchev–Trinajstić information content (AvgIpc) is 3.61. The van der Waals surface area contributed by atoms with Crippen LogP contribution in [0.1, 0.15) is 12.0 Å². The summed E-state index contributed by atoms with van der Waals surface area (Å²) in [5, 5.41) is 10.2. The third-order valence-corrected chi connectivity index (χ3v) is 8.65. The third-order valence-electron chi connectivity index (χ3n) is 5.89. The Morgan fingerprint density at radius 3 is 2.70 bits per heavy atom. The van der Waals surface area contributed by atoms with Crippen LogP contribution in [0.5, 0.6) is 5.88 Å². The second kappa shape index (κ2) is 13.9. The van der Waals surface area contributed by atoms with E-state index in [1.807, 2.05) is 7.05 Å². The number of amides is 1. The molecule has 1 aromatic carbocycles. The number of benzene rings is 1. The number of methoxy groups -OCH3 is 1. The predicted octanol–water partition coefficient (Wildman–Crippen LogP) is 1.70. The fraction of sp³-hybridized carbons (Fsp3) is 0.440. The van der Waals surface area contributed by atoms with Crippen molar-refractivity contribution in [3.05, 3.63) is 42.0 Å². The lowest BCUT2D eigenvalue weighted by Gasteiger charge is -2.17. The molecular formula is C25H32N6O7S2. The number of nitrogens with one attached hydrogen (secondary N) is 2. The Morgan fingerprint density at radius 2 is 2.00 bits per heavy atom. The first-order valence-corrected chi connectivity index (χ1v) is 14.8. The molecule has 2 N–H and O–H groups in total. The summed E-state index contributed by atoms with van der Waals surface area (Å²) < 4.78 is 42.9. The van der Waals surface area contributed by atoms with Gasteiger partial charge in [-0.25, -0.2) is 18.4 Å². The maximum atomic E-state index is 13.4. The number of nitrogens with zero attached hydrogens (tertiary/aromatic N) is 4. The number of pyridine rings is 1. The Labute approximate surface area is 236 Å². The summed E-state index contributed by atoms with van der Waals surface area (Å²) in [6, 6.07) is 9.36. The van der Waals surface area contributed by atoms with Crippen LogP contribution in [0.15, 0.2) is 46.4 Å². The Hall–Kier alpha value is -3.21. The van der Waals surface area contributed by atoms with Crippen LogP contribution < -0.4 is 15.4 Å². The van der Waals surface area contributed by atoms with Gasteiger partial charge in [-0.2, -0.15) is 4.31 Å². The summed E-state index contributed by atoms with van der Waals surface area (Å²) in [6.45, 7) is 2.52. The highest BCUT2D eigenvalue weighted by molar-refractivity contribution is 7.89. The smallest absolute Gasteiger partial charge is 0.280 e. The molecule has 3 heterocycles. The van der Waals surface area contributed by atoms with Gasteiger partial charge >= 0.3 is 0 Å². The lowest BCUT2D eigenvalue weighted by Crippen LogP contribution is -2.30. The SMILES string of the molecule is CNCCOc1ccc2nc(NC(=O)/C(=N/O[C@@H]3CCOC3)c3ccc(S(=O)(=O)N(C)CCOC)cc3)sc2n1. The number of hydrogen-bond acceptors (Lipinski definition) is 12. The summed E-state index contributed by atoms with van der Waals surface area (Å²) in [7, 11) is 1.08. The number of ether oxygens (including phenoxy) is 3. The van der Waals surface area contributed by atoms with E-state index in [1.54, 1.807) is 12.1 Å². The van der Waals surface area contributed by atoms with Crippen molar-refractivity contribution in [2.45, 2.75) is 17.4 Å². The summed E-state index contributed by atoms with van der Waals surface area (Å²) in [5.74, 6) is -0.113. The molecule has 216 valence electrons. The van der Waals surface area contributed by atoms with Gasteiger partial charge in [-0.1, -0.05) is 28.6 Å². The topological polar surface area (TPSA) is 154 Å². The Balaban J connectivity index is 1.54. The van der Waals surface area contributed by atoms with Gasteiger partial charge in [0.2, 0.25) is 15.9 Å². The molecule has 13 nitrogen and oxygen atoms in total. The number of oxime groups is 1. The number of sulfonamides is 1. The normalized spacial score (nSPS) is 16.0.